The van der Waals surface area contributed by atoms with Gasteiger partial charge in [-0.3, -0.25) is 14.9 Å². The van der Waals surface area contributed by atoms with Crippen molar-refractivity contribution in [3.63, 3.8) is 0 Å². The monoisotopic (exact) mass is 237 g/mol. The normalized spacial score (nSPS) is 24.6. The molecule has 1 aromatic rings. The first-order valence-corrected chi connectivity index (χ1v) is 5.32. The molecule has 1 aliphatic rings. The Labute approximate surface area is 97.4 Å². The summed E-state index contributed by atoms with van der Waals surface area (Å²) in [5.41, 5.74) is 0.689. The first kappa shape index (κ1) is 11.7. The molecule has 2 atom stereocenters. The Bertz CT molecular complexity index is 444. The molecule has 0 aromatic heterocycles. The van der Waals surface area contributed by atoms with Crippen LogP contribution >= 0.6 is 0 Å². The van der Waals surface area contributed by atoms with Crippen molar-refractivity contribution in [1.82, 2.24) is 5.32 Å². The van der Waals surface area contributed by atoms with Crippen LogP contribution in [0.2, 0.25) is 0 Å². The van der Waals surface area contributed by atoms with Gasteiger partial charge in [0.25, 0.3) is 0 Å². The molecule has 1 fully saturated rings. The van der Waals surface area contributed by atoms with Gasteiger partial charge in [0, 0.05) is 12.3 Å². The van der Waals surface area contributed by atoms with Gasteiger partial charge in [0.1, 0.15) is 5.82 Å². The van der Waals surface area contributed by atoms with Crippen LogP contribution in [0.15, 0.2) is 24.3 Å². The summed E-state index contributed by atoms with van der Waals surface area (Å²) in [4.78, 5) is 22.8. The predicted molar refractivity (Wildman–Crippen MR) is 57.5 cm³/mol. The van der Waals surface area contributed by atoms with Gasteiger partial charge in [0.05, 0.1) is 12.5 Å². The molecule has 2 rings (SSSR count). The third-order valence-electron chi connectivity index (χ3n) is 2.99. The van der Waals surface area contributed by atoms with Crippen LogP contribution in [0.3, 0.4) is 0 Å². The van der Waals surface area contributed by atoms with E-state index in [1.54, 1.807) is 0 Å². The Hall–Kier alpha value is -1.75. The third kappa shape index (κ3) is 2.34. The molecular formula is C12H12FNO3. The molecule has 1 aliphatic heterocycles. The van der Waals surface area contributed by atoms with Crippen LogP contribution in [-0.2, 0) is 9.59 Å². The lowest BCUT2D eigenvalue weighted by Gasteiger charge is -2.28. The van der Waals surface area contributed by atoms with Crippen molar-refractivity contribution < 1.29 is 19.1 Å². The molecule has 90 valence electrons. The van der Waals surface area contributed by atoms with E-state index in [9.17, 15) is 19.1 Å². The average molecular weight is 237 g/mol. The molecule has 17 heavy (non-hydrogen) atoms. The fraction of sp³-hybridized carbons (Fsp3) is 0.333. The molecule has 0 spiro atoms. The molecule has 0 bridgehead atoms. The molecule has 0 saturated carbocycles. The SMILES string of the molecule is O=C1C[C@@H](c2ccc(F)cc2)[C@H](CO)C(=O)N1. The minimum Gasteiger partial charge on any atom is -0.396 e. The number of benzene rings is 1. The molecule has 1 saturated heterocycles. The lowest BCUT2D eigenvalue weighted by Crippen LogP contribution is -2.46. The number of nitrogens with one attached hydrogen (secondary N) is 1. The zero-order valence-electron chi connectivity index (χ0n) is 9.02. The number of halogens is 1. The largest absolute Gasteiger partial charge is 0.396 e. The van der Waals surface area contributed by atoms with Crippen molar-refractivity contribution in [2.45, 2.75) is 12.3 Å². The smallest absolute Gasteiger partial charge is 0.232 e. The van der Waals surface area contributed by atoms with E-state index in [0.29, 0.717) is 5.56 Å². The summed E-state index contributed by atoms with van der Waals surface area (Å²) in [6, 6.07) is 5.63. The van der Waals surface area contributed by atoms with Gasteiger partial charge in [-0.1, -0.05) is 12.1 Å². The Morgan fingerprint density at radius 1 is 1.29 bits per heavy atom. The van der Waals surface area contributed by atoms with Gasteiger partial charge in [-0.25, -0.2) is 4.39 Å². The molecule has 1 aromatic carbocycles. The van der Waals surface area contributed by atoms with Crippen LogP contribution in [0.1, 0.15) is 17.9 Å². The molecule has 2 N–H and O–H groups in total. The fourth-order valence-electron chi connectivity index (χ4n) is 2.08. The van der Waals surface area contributed by atoms with Crippen molar-refractivity contribution in [3.8, 4) is 0 Å². The van der Waals surface area contributed by atoms with E-state index in [2.05, 4.69) is 5.32 Å². The third-order valence-corrected chi connectivity index (χ3v) is 2.99. The zero-order valence-corrected chi connectivity index (χ0v) is 9.02. The number of carbonyl (C=O) groups is 2. The molecular weight excluding hydrogens is 225 g/mol. The van der Waals surface area contributed by atoms with Gasteiger partial charge in [0.2, 0.25) is 11.8 Å². The van der Waals surface area contributed by atoms with Crippen LogP contribution in [0.25, 0.3) is 0 Å². The lowest BCUT2D eigenvalue weighted by molar-refractivity contribution is -0.138. The Balaban J connectivity index is 2.30. The van der Waals surface area contributed by atoms with E-state index in [-0.39, 0.29) is 30.7 Å². The maximum atomic E-state index is 12.8. The van der Waals surface area contributed by atoms with Crippen molar-refractivity contribution in [1.29, 1.82) is 0 Å². The second kappa shape index (κ2) is 4.63. The average Bonchev–Trinajstić information content (AvgIpc) is 2.29. The first-order chi connectivity index (χ1) is 8.11. The Morgan fingerprint density at radius 3 is 2.53 bits per heavy atom. The van der Waals surface area contributed by atoms with Crippen LogP contribution in [0, 0.1) is 11.7 Å². The van der Waals surface area contributed by atoms with Gasteiger partial charge >= 0.3 is 0 Å². The maximum absolute atomic E-state index is 12.8. The molecule has 5 heteroatoms. The number of rotatable bonds is 2. The van der Waals surface area contributed by atoms with Gasteiger partial charge < -0.3 is 5.11 Å². The minimum atomic E-state index is -0.654. The van der Waals surface area contributed by atoms with Crippen LogP contribution in [-0.4, -0.2) is 23.5 Å². The van der Waals surface area contributed by atoms with E-state index >= 15 is 0 Å². The number of hydrogen-bond donors (Lipinski definition) is 2. The minimum absolute atomic E-state index is 0.128. The number of amides is 2. The summed E-state index contributed by atoms with van der Waals surface area (Å²) in [5, 5.41) is 11.4. The summed E-state index contributed by atoms with van der Waals surface area (Å²) in [7, 11) is 0. The van der Waals surface area contributed by atoms with E-state index in [1.807, 2.05) is 0 Å². The van der Waals surface area contributed by atoms with Crippen LogP contribution in [0.5, 0.6) is 0 Å². The molecule has 0 radical (unpaired) electrons. The number of carbonyl (C=O) groups excluding carboxylic acids is 2. The quantitative estimate of drug-likeness (QED) is 0.739. The standard InChI is InChI=1S/C12H12FNO3/c13-8-3-1-7(2-4-8)9-5-11(16)14-12(17)10(9)6-15/h1-4,9-10,15H,5-6H2,(H,14,16,17)/t9-,10-/m0/s1. The van der Waals surface area contributed by atoms with Gasteiger partial charge in [-0.15, -0.1) is 0 Å². The number of hydrogen-bond acceptors (Lipinski definition) is 3. The molecule has 2 amide bonds. The van der Waals surface area contributed by atoms with Crippen molar-refractivity contribution in [2.24, 2.45) is 5.92 Å². The van der Waals surface area contributed by atoms with Crippen LogP contribution < -0.4 is 5.32 Å². The van der Waals surface area contributed by atoms with Crippen molar-refractivity contribution >= 4 is 11.8 Å². The second-order valence-corrected chi connectivity index (χ2v) is 4.06. The lowest BCUT2D eigenvalue weighted by atomic mass is 9.81. The number of imide groups is 1. The highest BCUT2D eigenvalue weighted by Gasteiger charge is 2.36. The molecule has 1 heterocycles. The van der Waals surface area contributed by atoms with E-state index < -0.39 is 11.8 Å². The molecule has 4 nitrogen and oxygen atoms in total. The van der Waals surface area contributed by atoms with E-state index in [4.69, 9.17) is 0 Å². The highest BCUT2D eigenvalue weighted by atomic mass is 19.1. The summed E-state index contributed by atoms with van der Waals surface area (Å²) in [5.74, 6) is -2.26. The summed E-state index contributed by atoms with van der Waals surface area (Å²) in [6.07, 6.45) is 0.128. The Morgan fingerprint density at radius 2 is 1.94 bits per heavy atom. The van der Waals surface area contributed by atoms with Gasteiger partial charge in [-0.05, 0) is 17.7 Å². The summed E-state index contributed by atoms with van der Waals surface area (Å²) < 4.78 is 12.8. The topological polar surface area (TPSA) is 66.4 Å². The number of aliphatic hydroxyl groups excluding tert-OH is 1. The highest BCUT2D eigenvalue weighted by Crippen LogP contribution is 2.31. The Kier molecular flexibility index (Phi) is 3.19. The van der Waals surface area contributed by atoms with E-state index in [0.717, 1.165) is 0 Å². The molecule has 0 aliphatic carbocycles. The number of aliphatic hydroxyl groups is 1. The zero-order chi connectivity index (χ0) is 12.4. The van der Waals surface area contributed by atoms with Gasteiger partial charge in [-0.2, -0.15) is 0 Å². The van der Waals surface area contributed by atoms with Crippen molar-refractivity contribution in [2.75, 3.05) is 6.61 Å². The summed E-state index contributed by atoms with van der Waals surface area (Å²) >= 11 is 0. The van der Waals surface area contributed by atoms with Gasteiger partial charge in [0.15, 0.2) is 0 Å². The maximum Gasteiger partial charge on any atom is 0.232 e. The second-order valence-electron chi connectivity index (χ2n) is 4.06. The van der Waals surface area contributed by atoms with E-state index in [1.165, 1.54) is 24.3 Å². The van der Waals surface area contributed by atoms with Crippen LogP contribution in [0.4, 0.5) is 4.39 Å². The number of piperidine rings is 1. The van der Waals surface area contributed by atoms with Crippen molar-refractivity contribution in [3.05, 3.63) is 35.6 Å². The summed E-state index contributed by atoms with van der Waals surface area (Å²) in [6.45, 7) is -0.332. The highest BCUT2D eigenvalue weighted by molar-refractivity contribution is 5.99. The first-order valence-electron chi connectivity index (χ1n) is 5.32. The molecule has 0 unspecified atom stereocenters. The fourth-order valence-corrected chi connectivity index (χ4v) is 2.08. The predicted octanol–water partition coefficient (Wildman–Crippen LogP) is 0.564.